The van der Waals surface area contributed by atoms with Crippen molar-refractivity contribution >= 4 is 29.5 Å². The molecular weight excluding hydrogens is 1170 g/mol. The Kier molecular flexibility index (Phi) is 28.5. The number of nitrogens with one attached hydrogen (secondary N) is 5. The Hall–Kier alpha value is -4.73. The Bertz CT molecular complexity index is 2400. The molecule has 0 aromatic heterocycles. The van der Waals surface area contributed by atoms with Crippen molar-refractivity contribution in [2.24, 2.45) is 0 Å². The minimum Gasteiger partial charge on any atom is -0.494 e. The maximum atomic E-state index is 13.9. The smallest absolute Gasteiger partial charge is 0.251 e. The predicted octanol–water partition coefficient (Wildman–Crippen LogP) is -6.23. The molecule has 1 aromatic rings. The third-order valence-corrected chi connectivity index (χ3v) is 15.5. The van der Waals surface area contributed by atoms with Crippen LogP contribution in [0.3, 0.4) is 0 Å². The Morgan fingerprint density at radius 1 is 0.455 bits per heavy atom. The molecule has 500 valence electrons. The Labute approximate surface area is 507 Å². The highest BCUT2D eigenvalue weighted by molar-refractivity contribution is 5.94. The summed E-state index contributed by atoms with van der Waals surface area (Å²) in [6.45, 7) is 2.01. The van der Waals surface area contributed by atoms with Crippen molar-refractivity contribution in [1.82, 2.24) is 26.6 Å². The zero-order valence-corrected chi connectivity index (χ0v) is 49.6. The third kappa shape index (κ3) is 18.7. The lowest BCUT2D eigenvalue weighted by molar-refractivity contribution is -0.367. The predicted molar refractivity (Wildman–Crippen MR) is 297 cm³/mol. The molecule has 88 heavy (non-hydrogen) atoms. The topological polar surface area (TPSA) is 481 Å². The molecule has 32 nitrogen and oxygen atoms in total. The van der Waals surface area contributed by atoms with Crippen molar-refractivity contribution in [3.63, 3.8) is 0 Å². The normalized spacial score (nSPS) is 37.8. The van der Waals surface area contributed by atoms with E-state index < -0.39 is 216 Å². The van der Waals surface area contributed by atoms with E-state index in [2.05, 4.69) is 45.7 Å². The van der Waals surface area contributed by atoms with E-state index in [1.165, 1.54) is 25.0 Å². The molecule has 5 saturated heterocycles. The lowest BCUT2D eigenvalue weighted by Crippen LogP contribution is -2.72. The first-order valence-corrected chi connectivity index (χ1v) is 29.5. The van der Waals surface area contributed by atoms with Crippen molar-refractivity contribution in [3.8, 4) is 5.75 Å². The maximum absolute atomic E-state index is 13.9. The minimum absolute atomic E-state index is 0.0576. The SMILES string of the molecule is CCCCCC/C=C\CCCOc1cccc(C(=O)N[C@H]2C(O)[C@H](O)C(CO)O[C@H]2O[C@H]2C(O)C(NC(C)=O)C(OC3C(CO)O[C@@H](O[C@H]4C(O)C(NC(C)=O)C(OC5C(CO)O[C@@H](O)[C@@H](NC(C)=O)[C@@H]5O)O[C@H]4CO)[C@@H](NC(C)=O)[C@@H]3O)O[C@H]2CO)c1. The molecule has 5 aliphatic rings. The van der Waals surface area contributed by atoms with Crippen molar-refractivity contribution in [3.05, 3.63) is 42.0 Å². The number of aliphatic hydroxyl groups is 12. The first-order chi connectivity index (χ1) is 42.0. The van der Waals surface area contributed by atoms with Crippen molar-refractivity contribution in [2.45, 2.75) is 233 Å². The van der Waals surface area contributed by atoms with Gasteiger partial charge in [0.2, 0.25) is 23.6 Å². The molecule has 17 N–H and O–H groups in total. The lowest BCUT2D eigenvalue weighted by Gasteiger charge is -2.51. The van der Waals surface area contributed by atoms with E-state index in [9.17, 15) is 85.3 Å². The molecule has 25 atom stereocenters. The summed E-state index contributed by atoms with van der Waals surface area (Å²) in [5.74, 6) is -3.54. The summed E-state index contributed by atoms with van der Waals surface area (Å²) in [5, 5.41) is 145. The summed E-state index contributed by atoms with van der Waals surface area (Å²) in [6.07, 6.45) is -24.4. The van der Waals surface area contributed by atoms with Crippen molar-refractivity contribution in [1.29, 1.82) is 0 Å². The van der Waals surface area contributed by atoms with Crippen molar-refractivity contribution < 1.29 is 133 Å². The quantitative estimate of drug-likeness (QED) is 0.0262. The second-order valence-electron chi connectivity index (χ2n) is 22.2. The van der Waals surface area contributed by atoms with Gasteiger partial charge in [0.1, 0.15) is 128 Å². The third-order valence-electron chi connectivity index (χ3n) is 15.5. The average molecular weight is 1260 g/mol. The molecule has 0 aliphatic carbocycles. The second-order valence-corrected chi connectivity index (χ2v) is 22.2. The van der Waals surface area contributed by atoms with Crippen LogP contribution >= 0.6 is 0 Å². The van der Waals surface area contributed by atoms with Gasteiger partial charge < -0.3 is 135 Å². The van der Waals surface area contributed by atoms with Gasteiger partial charge in [-0.1, -0.05) is 44.4 Å². The molecule has 0 bridgehead atoms. The first kappa shape index (κ1) is 72.3. The monoisotopic (exact) mass is 1260 g/mol. The van der Waals surface area contributed by atoms with Gasteiger partial charge >= 0.3 is 0 Å². The number of unbranched alkanes of at least 4 members (excludes halogenated alkanes) is 5. The lowest BCUT2D eigenvalue weighted by atomic mass is 9.93. The number of allylic oxidation sites excluding steroid dienone is 2. The molecule has 5 heterocycles. The summed E-state index contributed by atoms with van der Waals surface area (Å²) in [6, 6.07) is -2.18. The standard InChI is InChI=1S/C56H89N5O27/c1-6-7-8-9-10-11-12-13-14-18-79-30-17-15-16-29(19-30)51(77)61-37-42(72)41(71)31(20-62)81-53(37)86-48-33(22-64)83-55(39(44(48)74)59-27(4)69)88-50-35(24-66)84-56(40(46(50)76)60-28(5)70)87-49-34(23-65)82-54(38(45(49)75)58-26(3)68)85-47-32(21-63)80-52(78)36(43(47)73)57-25(2)67/h11-12,15-17,19,31-50,52-56,62-66,71-76,78H,6-10,13-14,18,20-24H2,1-5H3,(H,57,67)(H,58,68)(H,59,69)(H,60,70)(H,61,77)/b12-11-/t31?,32?,33-,34-,35?,36-,37-,38?,39?,40-,41+,42?,43-,44?,45?,46-,47?,48+,49+,50?,52+,53-,54?,55?,56-/m0/s1. The van der Waals surface area contributed by atoms with Crippen LogP contribution in [0.4, 0.5) is 0 Å². The molecule has 0 spiro atoms. The Balaban J connectivity index is 1.18. The summed E-state index contributed by atoms with van der Waals surface area (Å²) in [7, 11) is 0. The zero-order chi connectivity index (χ0) is 64.5. The number of aliphatic hydroxyl groups excluding tert-OH is 12. The molecular formula is C56H89N5O27. The molecule has 6 rings (SSSR count). The van der Waals surface area contributed by atoms with Gasteiger partial charge in [-0.25, -0.2) is 0 Å². The molecule has 0 saturated carbocycles. The maximum Gasteiger partial charge on any atom is 0.251 e. The van der Waals surface area contributed by atoms with E-state index in [0.717, 1.165) is 53.4 Å². The summed E-state index contributed by atoms with van der Waals surface area (Å²) < 4.78 is 59.8. The molecule has 32 heteroatoms. The van der Waals surface area contributed by atoms with E-state index in [4.69, 9.17) is 47.4 Å². The number of hydrogen-bond donors (Lipinski definition) is 17. The van der Waals surface area contributed by atoms with Gasteiger partial charge in [0.15, 0.2) is 31.5 Å². The fourth-order valence-electron chi connectivity index (χ4n) is 11.1. The van der Waals surface area contributed by atoms with E-state index in [-0.39, 0.29) is 5.56 Å². The van der Waals surface area contributed by atoms with Crippen LogP contribution in [0.15, 0.2) is 36.4 Å². The number of hydrogen-bond acceptors (Lipinski definition) is 27. The fourth-order valence-corrected chi connectivity index (χ4v) is 11.1. The highest BCUT2D eigenvalue weighted by Crippen LogP contribution is 2.36. The number of carbonyl (C=O) groups is 5. The molecule has 5 aliphatic heterocycles. The highest BCUT2D eigenvalue weighted by atomic mass is 16.8. The van der Waals surface area contributed by atoms with E-state index in [1.54, 1.807) is 12.1 Å². The van der Waals surface area contributed by atoms with Gasteiger partial charge in [0, 0.05) is 33.3 Å². The van der Waals surface area contributed by atoms with Gasteiger partial charge in [-0.2, -0.15) is 0 Å². The van der Waals surface area contributed by atoms with Gasteiger partial charge in [0.25, 0.3) is 5.91 Å². The van der Waals surface area contributed by atoms with Crippen molar-refractivity contribution in [2.75, 3.05) is 39.6 Å². The number of carbonyl (C=O) groups excluding carboxylic acids is 5. The van der Waals surface area contributed by atoms with Crippen LogP contribution in [0, 0.1) is 0 Å². The number of ether oxygens (including phenoxy) is 10. The van der Waals surface area contributed by atoms with Crippen LogP contribution in [0.1, 0.15) is 89.9 Å². The number of rotatable bonds is 29. The van der Waals surface area contributed by atoms with Crippen LogP contribution in [-0.4, -0.2) is 284 Å². The van der Waals surface area contributed by atoms with Crippen LogP contribution in [0.2, 0.25) is 0 Å². The van der Waals surface area contributed by atoms with E-state index in [0.29, 0.717) is 18.8 Å². The number of benzene rings is 1. The van der Waals surface area contributed by atoms with E-state index in [1.807, 2.05) is 0 Å². The molecule has 1 aromatic carbocycles. The Morgan fingerprint density at radius 3 is 1.24 bits per heavy atom. The molecule has 5 fully saturated rings. The van der Waals surface area contributed by atoms with Gasteiger partial charge in [-0.3, -0.25) is 24.0 Å². The van der Waals surface area contributed by atoms with Crippen LogP contribution in [0.5, 0.6) is 5.75 Å². The first-order valence-electron chi connectivity index (χ1n) is 29.5. The summed E-state index contributed by atoms with van der Waals surface area (Å²) in [4.78, 5) is 64.1. The minimum atomic E-state index is -2.03. The van der Waals surface area contributed by atoms with Gasteiger partial charge in [0.05, 0.1) is 39.6 Å². The van der Waals surface area contributed by atoms with Crippen LogP contribution in [-0.2, 0) is 61.8 Å². The molecule has 12 unspecified atom stereocenters. The number of amides is 5. The second kappa shape index (κ2) is 34.6. The van der Waals surface area contributed by atoms with E-state index >= 15 is 0 Å². The summed E-state index contributed by atoms with van der Waals surface area (Å²) in [5.41, 5.74) is 0.0576. The average Bonchev–Trinajstić information content (AvgIpc) is 1.52. The van der Waals surface area contributed by atoms with Gasteiger partial charge in [-0.05, 0) is 43.9 Å². The fraction of sp³-hybridized carbons (Fsp3) is 0.768. The molecule has 0 radical (unpaired) electrons. The zero-order valence-electron chi connectivity index (χ0n) is 49.6. The van der Waals surface area contributed by atoms with Gasteiger partial charge in [-0.15, -0.1) is 0 Å². The summed E-state index contributed by atoms with van der Waals surface area (Å²) >= 11 is 0. The largest absolute Gasteiger partial charge is 0.494 e. The van der Waals surface area contributed by atoms with Crippen LogP contribution < -0.4 is 31.3 Å². The Morgan fingerprint density at radius 2 is 0.830 bits per heavy atom. The molecule has 5 amide bonds. The highest BCUT2D eigenvalue weighted by Gasteiger charge is 2.58. The van der Waals surface area contributed by atoms with Crippen LogP contribution in [0.25, 0.3) is 0 Å².